The van der Waals surface area contributed by atoms with Gasteiger partial charge in [-0.2, -0.15) is 5.10 Å². The lowest BCUT2D eigenvalue weighted by molar-refractivity contribution is -0.117. The third kappa shape index (κ3) is 4.08. The minimum absolute atomic E-state index is 0.145. The van der Waals surface area contributed by atoms with Crippen molar-refractivity contribution in [1.82, 2.24) is 20.3 Å². The molecule has 0 atom stereocenters. The smallest absolute Gasteiger partial charge is 0.239 e. The average Bonchev–Trinajstić information content (AvgIpc) is 3.17. The van der Waals surface area contributed by atoms with Crippen molar-refractivity contribution in [3.05, 3.63) is 53.9 Å². The predicted octanol–water partition coefficient (Wildman–Crippen LogP) is 2.44. The fourth-order valence-electron chi connectivity index (χ4n) is 2.40. The highest BCUT2D eigenvalue weighted by atomic mass is 16.5. The molecule has 0 saturated heterocycles. The van der Waals surface area contributed by atoms with Gasteiger partial charge in [0, 0.05) is 23.9 Å². The fourth-order valence-corrected chi connectivity index (χ4v) is 2.40. The van der Waals surface area contributed by atoms with E-state index in [-0.39, 0.29) is 12.5 Å². The lowest BCUT2D eigenvalue weighted by atomic mass is 10.1. The molecule has 1 amide bonds. The van der Waals surface area contributed by atoms with Gasteiger partial charge in [-0.25, -0.2) is 0 Å². The van der Waals surface area contributed by atoms with Gasteiger partial charge in [-0.15, -0.1) is 0 Å². The Kier molecular flexibility index (Phi) is 4.72. The van der Waals surface area contributed by atoms with E-state index >= 15 is 0 Å². The van der Waals surface area contributed by atoms with Crippen LogP contribution in [0.3, 0.4) is 0 Å². The summed E-state index contributed by atoms with van der Waals surface area (Å²) in [7, 11) is 1.87. The third-order valence-corrected chi connectivity index (χ3v) is 3.45. The number of hydrogen-bond acceptors (Lipinski definition) is 5. The zero-order valence-electron chi connectivity index (χ0n) is 13.6. The quantitative estimate of drug-likeness (QED) is 0.727. The molecule has 2 aromatic heterocycles. The summed E-state index contributed by atoms with van der Waals surface area (Å²) >= 11 is 0. The Labute approximate surface area is 139 Å². The van der Waals surface area contributed by atoms with Crippen LogP contribution in [-0.2, 0) is 11.3 Å². The lowest BCUT2D eigenvalue weighted by Gasteiger charge is -2.14. The van der Waals surface area contributed by atoms with E-state index in [1.807, 2.05) is 48.3 Å². The van der Waals surface area contributed by atoms with E-state index < -0.39 is 0 Å². The Balaban J connectivity index is 1.54. The molecular formula is C17H19N5O2. The first-order valence-corrected chi connectivity index (χ1v) is 7.61. The largest absolute Gasteiger partial charge is 0.360 e. The summed E-state index contributed by atoms with van der Waals surface area (Å²) in [5.41, 5.74) is 2.89. The van der Waals surface area contributed by atoms with Crippen LogP contribution in [0.1, 0.15) is 11.5 Å². The van der Waals surface area contributed by atoms with Crippen LogP contribution in [0.4, 0.5) is 5.82 Å². The van der Waals surface area contributed by atoms with Crippen molar-refractivity contribution >= 4 is 11.7 Å². The first-order chi connectivity index (χ1) is 11.6. The average molecular weight is 325 g/mol. The summed E-state index contributed by atoms with van der Waals surface area (Å²) in [6.07, 6.45) is 0. The number of aromatic nitrogens is 3. The van der Waals surface area contributed by atoms with Gasteiger partial charge in [0.15, 0.2) is 5.82 Å². The van der Waals surface area contributed by atoms with Gasteiger partial charge in [-0.3, -0.25) is 14.8 Å². The molecule has 0 unspecified atom stereocenters. The molecule has 2 N–H and O–H groups in total. The van der Waals surface area contributed by atoms with Crippen molar-refractivity contribution in [1.29, 1.82) is 0 Å². The number of nitrogens with zero attached hydrogens (tertiary/aromatic N) is 3. The van der Waals surface area contributed by atoms with Crippen LogP contribution in [0.15, 0.2) is 47.0 Å². The molecule has 0 saturated carbocycles. The molecule has 0 aliphatic rings. The maximum atomic E-state index is 12.0. The van der Waals surface area contributed by atoms with E-state index in [4.69, 9.17) is 4.52 Å². The number of aromatic amines is 1. The van der Waals surface area contributed by atoms with Crippen molar-refractivity contribution in [2.75, 3.05) is 18.9 Å². The number of likely N-dealkylation sites (N-methyl/N-ethyl adjacent to an activating group) is 1. The molecule has 0 aliphatic carbocycles. The standard InChI is InChI=1S/C17H19N5O2/c1-12-8-16(21-24-12)18-17(23)11-22(2)10-14-9-15(20-19-14)13-6-4-3-5-7-13/h3-9H,10-11H2,1-2H3,(H,19,20)(H,18,21,23). The van der Waals surface area contributed by atoms with Crippen LogP contribution in [0.5, 0.6) is 0 Å². The summed E-state index contributed by atoms with van der Waals surface area (Å²) in [6.45, 7) is 2.61. The van der Waals surface area contributed by atoms with Crippen LogP contribution in [-0.4, -0.2) is 39.8 Å². The van der Waals surface area contributed by atoms with E-state index in [0.29, 0.717) is 18.1 Å². The number of rotatable bonds is 6. The minimum atomic E-state index is -0.145. The monoisotopic (exact) mass is 325 g/mol. The highest BCUT2D eigenvalue weighted by Crippen LogP contribution is 2.17. The first-order valence-electron chi connectivity index (χ1n) is 7.61. The highest BCUT2D eigenvalue weighted by molar-refractivity contribution is 5.91. The number of aryl methyl sites for hydroxylation is 1. The molecule has 7 heteroatoms. The zero-order valence-corrected chi connectivity index (χ0v) is 13.6. The number of benzene rings is 1. The number of carbonyl (C=O) groups excluding carboxylic acids is 1. The summed E-state index contributed by atoms with van der Waals surface area (Å²) in [5.74, 6) is 0.942. The molecule has 124 valence electrons. The number of hydrogen-bond donors (Lipinski definition) is 2. The Morgan fingerprint density at radius 3 is 2.79 bits per heavy atom. The molecule has 3 aromatic rings. The minimum Gasteiger partial charge on any atom is -0.360 e. The van der Waals surface area contributed by atoms with Gasteiger partial charge in [-0.05, 0) is 20.0 Å². The molecule has 0 radical (unpaired) electrons. The van der Waals surface area contributed by atoms with Crippen LogP contribution < -0.4 is 5.32 Å². The Hall–Kier alpha value is -2.93. The fraction of sp³-hybridized carbons (Fsp3) is 0.235. The summed E-state index contributed by atoms with van der Waals surface area (Å²) in [4.78, 5) is 13.9. The number of amides is 1. The number of H-pyrrole nitrogens is 1. The van der Waals surface area contributed by atoms with Crippen LogP contribution in [0, 0.1) is 6.92 Å². The van der Waals surface area contributed by atoms with Crippen molar-refractivity contribution in [3.8, 4) is 11.3 Å². The number of carbonyl (C=O) groups is 1. The van der Waals surface area contributed by atoms with E-state index in [0.717, 1.165) is 17.0 Å². The SMILES string of the molecule is Cc1cc(NC(=O)CN(C)Cc2cc(-c3ccccc3)n[nH]2)no1. The summed E-state index contributed by atoms with van der Waals surface area (Å²) < 4.78 is 4.92. The first kappa shape index (κ1) is 15.9. The molecule has 0 spiro atoms. The van der Waals surface area contributed by atoms with Gasteiger partial charge in [-0.1, -0.05) is 35.5 Å². The molecule has 2 heterocycles. The van der Waals surface area contributed by atoms with Gasteiger partial charge in [0.25, 0.3) is 0 Å². The van der Waals surface area contributed by atoms with E-state index in [9.17, 15) is 4.79 Å². The van der Waals surface area contributed by atoms with Crippen molar-refractivity contribution in [2.24, 2.45) is 0 Å². The Bertz CT molecular complexity index is 809. The molecule has 1 aromatic carbocycles. The van der Waals surface area contributed by atoms with Crippen molar-refractivity contribution in [3.63, 3.8) is 0 Å². The van der Waals surface area contributed by atoms with Crippen LogP contribution >= 0.6 is 0 Å². The van der Waals surface area contributed by atoms with Crippen molar-refractivity contribution < 1.29 is 9.32 Å². The summed E-state index contributed by atoms with van der Waals surface area (Å²) in [6, 6.07) is 13.6. The molecule has 7 nitrogen and oxygen atoms in total. The van der Waals surface area contributed by atoms with Gasteiger partial charge < -0.3 is 9.84 Å². The van der Waals surface area contributed by atoms with Crippen LogP contribution in [0.2, 0.25) is 0 Å². The van der Waals surface area contributed by atoms with Gasteiger partial charge in [0.05, 0.1) is 12.2 Å². The molecule has 0 aliphatic heterocycles. The highest BCUT2D eigenvalue weighted by Gasteiger charge is 2.11. The maximum Gasteiger partial charge on any atom is 0.239 e. The molecule has 0 bridgehead atoms. The third-order valence-electron chi connectivity index (χ3n) is 3.45. The van der Waals surface area contributed by atoms with Gasteiger partial charge in [0.2, 0.25) is 5.91 Å². The second kappa shape index (κ2) is 7.10. The zero-order chi connectivity index (χ0) is 16.9. The second-order valence-electron chi connectivity index (χ2n) is 5.69. The molecule has 3 rings (SSSR count). The van der Waals surface area contributed by atoms with Crippen molar-refractivity contribution in [2.45, 2.75) is 13.5 Å². The Morgan fingerprint density at radius 1 is 1.29 bits per heavy atom. The second-order valence-corrected chi connectivity index (χ2v) is 5.69. The number of nitrogens with one attached hydrogen (secondary N) is 2. The van der Waals surface area contributed by atoms with Gasteiger partial charge >= 0.3 is 0 Å². The normalized spacial score (nSPS) is 11.0. The molecular weight excluding hydrogens is 306 g/mol. The van der Waals surface area contributed by atoms with E-state index in [2.05, 4.69) is 20.7 Å². The topological polar surface area (TPSA) is 87.0 Å². The van der Waals surface area contributed by atoms with Gasteiger partial charge in [0.1, 0.15) is 5.76 Å². The maximum absolute atomic E-state index is 12.0. The Morgan fingerprint density at radius 2 is 2.08 bits per heavy atom. The number of anilines is 1. The summed E-state index contributed by atoms with van der Waals surface area (Å²) in [5, 5.41) is 13.8. The predicted molar refractivity (Wildman–Crippen MR) is 90.2 cm³/mol. The lowest BCUT2D eigenvalue weighted by Crippen LogP contribution is -2.30. The molecule has 0 fully saturated rings. The van der Waals surface area contributed by atoms with E-state index in [1.54, 1.807) is 13.0 Å². The molecule has 24 heavy (non-hydrogen) atoms. The van der Waals surface area contributed by atoms with E-state index in [1.165, 1.54) is 0 Å². The van der Waals surface area contributed by atoms with Crippen LogP contribution in [0.25, 0.3) is 11.3 Å².